The quantitative estimate of drug-likeness (QED) is 0.811. The van der Waals surface area contributed by atoms with E-state index in [0.717, 1.165) is 42.1 Å². The Balaban J connectivity index is 1.83. The molecule has 3 nitrogen and oxygen atoms in total. The summed E-state index contributed by atoms with van der Waals surface area (Å²) in [5, 5.41) is 10.8. The van der Waals surface area contributed by atoms with Crippen LogP contribution in [0.15, 0.2) is 36.4 Å². The van der Waals surface area contributed by atoms with Gasteiger partial charge in [-0.1, -0.05) is 41.9 Å². The third-order valence-electron chi connectivity index (χ3n) is 4.90. The number of aliphatic hydroxyl groups is 1. The van der Waals surface area contributed by atoms with Gasteiger partial charge in [-0.2, -0.15) is 0 Å². The molecular weight excluding hydrogens is 334 g/mol. The fraction of sp³-hybridized carbons (Fsp3) is 0.429. The van der Waals surface area contributed by atoms with E-state index in [1.807, 2.05) is 26.0 Å². The summed E-state index contributed by atoms with van der Waals surface area (Å²) in [5.41, 5.74) is 4.35. The maximum Gasteiger partial charge on any atom is 0.128 e. The lowest BCUT2D eigenvalue weighted by Crippen LogP contribution is -2.44. The third-order valence-corrected chi connectivity index (χ3v) is 5.30. The zero-order valence-corrected chi connectivity index (χ0v) is 15.9. The first-order chi connectivity index (χ1) is 12.0. The number of aliphatic hydroxyl groups excluding tert-OH is 1. The Hall–Kier alpha value is -1.55. The van der Waals surface area contributed by atoms with Crippen LogP contribution < -0.4 is 4.74 Å². The molecule has 0 saturated carbocycles. The second-order valence-corrected chi connectivity index (χ2v) is 7.21. The molecule has 1 N–H and O–H groups in total. The van der Waals surface area contributed by atoms with Gasteiger partial charge in [0.1, 0.15) is 5.75 Å². The zero-order chi connectivity index (χ0) is 18.0. The molecule has 1 heterocycles. The Kier molecular flexibility index (Phi) is 5.67. The topological polar surface area (TPSA) is 32.7 Å². The van der Waals surface area contributed by atoms with Crippen LogP contribution >= 0.6 is 11.6 Å². The van der Waals surface area contributed by atoms with Crippen molar-refractivity contribution in [2.75, 3.05) is 19.7 Å². The minimum absolute atomic E-state index is 0.390. The molecule has 2 aromatic rings. The second-order valence-electron chi connectivity index (χ2n) is 6.80. The molecule has 2 aromatic carbocycles. The van der Waals surface area contributed by atoms with E-state index in [0.29, 0.717) is 17.5 Å². The first kappa shape index (κ1) is 18.2. The summed E-state index contributed by atoms with van der Waals surface area (Å²) in [4.78, 5) is 2.43. The van der Waals surface area contributed by atoms with Gasteiger partial charge in [-0.3, -0.25) is 4.90 Å². The molecule has 1 fully saturated rings. The molecule has 1 aliphatic heterocycles. The van der Waals surface area contributed by atoms with Gasteiger partial charge in [-0.25, -0.2) is 0 Å². The van der Waals surface area contributed by atoms with E-state index >= 15 is 0 Å². The van der Waals surface area contributed by atoms with Crippen LogP contribution in [0.4, 0.5) is 0 Å². The first-order valence-electron chi connectivity index (χ1n) is 8.91. The number of benzene rings is 2. The predicted octanol–water partition coefficient (Wildman–Crippen LogP) is 4.70. The van der Waals surface area contributed by atoms with Crippen molar-refractivity contribution in [1.29, 1.82) is 0 Å². The van der Waals surface area contributed by atoms with Gasteiger partial charge in [0.15, 0.2) is 0 Å². The second kappa shape index (κ2) is 7.77. The van der Waals surface area contributed by atoms with Crippen molar-refractivity contribution in [3.05, 3.63) is 63.7 Å². The smallest absolute Gasteiger partial charge is 0.128 e. The van der Waals surface area contributed by atoms with Crippen molar-refractivity contribution in [3.8, 4) is 5.75 Å². The fourth-order valence-corrected chi connectivity index (χ4v) is 3.81. The molecular formula is C21H26ClNO2. The van der Waals surface area contributed by atoms with E-state index in [1.165, 1.54) is 5.56 Å². The Morgan fingerprint density at radius 1 is 1.28 bits per heavy atom. The van der Waals surface area contributed by atoms with E-state index in [9.17, 15) is 5.11 Å². The standard InChI is InChI=1S/C21H26ClNO2/c1-4-25-21-18(15(3)24)10-19(22)14(2)20(21)17-12-23(13-17)11-16-8-6-5-7-9-16/h5-10,15,17,24H,4,11-13H2,1-3H3. The molecule has 25 heavy (non-hydrogen) atoms. The molecule has 3 rings (SSSR count). The number of likely N-dealkylation sites (tertiary alicyclic amines) is 1. The highest BCUT2D eigenvalue weighted by Gasteiger charge is 2.33. The maximum atomic E-state index is 10.1. The molecule has 0 aliphatic carbocycles. The van der Waals surface area contributed by atoms with Crippen LogP contribution in [0, 0.1) is 6.92 Å². The predicted molar refractivity (Wildman–Crippen MR) is 102 cm³/mol. The van der Waals surface area contributed by atoms with Crippen LogP contribution in [-0.2, 0) is 6.54 Å². The van der Waals surface area contributed by atoms with Crippen molar-refractivity contribution < 1.29 is 9.84 Å². The van der Waals surface area contributed by atoms with E-state index in [-0.39, 0.29) is 0 Å². The van der Waals surface area contributed by atoms with E-state index in [1.54, 1.807) is 6.92 Å². The lowest BCUT2D eigenvalue weighted by Gasteiger charge is -2.41. The normalized spacial score (nSPS) is 16.5. The minimum Gasteiger partial charge on any atom is -0.493 e. The highest BCUT2D eigenvalue weighted by Crippen LogP contribution is 2.43. The fourth-order valence-electron chi connectivity index (χ4n) is 3.60. The Morgan fingerprint density at radius 3 is 2.56 bits per heavy atom. The van der Waals surface area contributed by atoms with Crippen molar-refractivity contribution in [1.82, 2.24) is 4.90 Å². The van der Waals surface area contributed by atoms with E-state index in [4.69, 9.17) is 16.3 Å². The van der Waals surface area contributed by atoms with Crippen molar-refractivity contribution in [2.45, 2.75) is 39.3 Å². The van der Waals surface area contributed by atoms with Gasteiger partial charge in [-0.15, -0.1) is 0 Å². The third kappa shape index (κ3) is 3.84. The molecule has 0 spiro atoms. The van der Waals surface area contributed by atoms with E-state index < -0.39 is 6.10 Å². The molecule has 4 heteroatoms. The highest BCUT2D eigenvalue weighted by molar-refractivity contribution is 6.31. The Bertz CT molecular complexity index is 724. The van der Waals surface area contributed by atoms with Gasteiger partial charge in [0.25, 0.3) is 0 Å². The van der Waals surface area contributed by atoms with Crippen LogP contribution in [0.3, 0.4) is 0 Å². The van der Waals surface area contributed by atoms with Crippen LogP contribution in [0.25, 0.3) is 0 Å². The minimum atomic E-state index is -0.598. The molecule has 0 bridgehead atoms. The SMILES string of the molecule is CCOc1c(C(C)O)cc(Cl)c(C)c1C1CN(Cc2ccccc2)C1. The highest BCUT2D eigenvalue weighted by atomic mass is 35.5. The average Bonchev–Trinajstić information content (AvgIpc) is 2.56. The van der Waals surface area contributed by atoms with Gasteiger partial charge in [0, 0.05) is 41.7 Å². The first-order valence-corrected chi connectivity index (χ1v) is 9.29. The lowest BCUT2D eigenvalue weighted by molar-refractivity contribution is 0.135. The zero-order valence-electron chi connectivity index (χ0n) is 15.1. The van der Waals surface area contributed by atoms with Crippen molar-refractivity contribution in [3.63, 3.8) is 0 Å². The Labute approximate surface area is 155 Å². The summed E-state index contributed by atoms with van der Waals surface area (Å²) in [6.07, 6.45) is -0.598. The molecule has 1 atom stereocenters. The van der Waals surface area contributed by atoms with Crippen LogP contribution in [-0.4, -0.2) is 29.7 Å². The molecule has 1 aliphatic rings. The van der Waals surface area contributed by atoms with Crippen LogP contribution in [0.5, 0.6) is 5.75 Å². The molecule has 0 radical (unpaired) electrons. The van der Waals surface area contributed by atoms with Gasteiger partial charge < -0.3 is 9.84 Å². The summed E-state index contributed by atoms with van der Waals surface area (Å²) >= 11 is 6.45. The number of hydrogen-bond donors (Lipinski definition) is 1. The number of hydrogen-bond acceptors (Lipinski definition) is 3. The Morgan fingerprint density at radius 2 is 1.96 bits per heavy atom. The lowest BCUT2D eigenvalue weighted by atomic mass is 9.85. The summed E-state index contributed by atoms with van der Waals surface area (Å²) < 4.78 is 5.94. The van der Waals surface area contributed by atoms with Gasteiger partial charge in [0.2, 0.25) is 0 Å². The molecule has 1 saturated heterocycles. The number of halogens is 1. The molecule has 0 amide bonds. The molecule has 0 aromatic heterocycles. The summed E-state index contributed by atoms with van der Waals surface area (Å²) in [6.45, 7) is 9.28. The van der Waals surface area contributed by atoms with E-state index in [2.05, 4.69) is 29.2 Å². The number of nitrogens with zero attached hydrogens (tertiary/aromatic N) is 1. The number of rotatable bonds is 6. The van der Waals surface area contributed by atoms with Crippen LogP contribution in [0.1, 0.15) is 48.1 Å². The van der Waals surface area contributed by atoms with Gasteiger partial charge in [0.05, 0.1) is 12.7 Å². The summed E-state index contributed by atoms with van der Waals surface area (Å²) in [5.74, 6) is 1.21. The van der Waals surface area contributed by atoms with Crippen LogP contribution in [0.2, 0.25) is 5.02 Å². The molecule has 134 valence electrons. The van der Waals surface area contributed by atoms with Crippen molar-refractivity contribution >= 4 is 11.6 Å². The molecule has 1 unspecified atom stereocenters. The largest absolute Gasteiger partial charge is 0.493 e. The average molecular weight is 360 g/mol. The van der Waals surface area contributed by atoms with Crippen molar-refractivity contribution in [2.24, 2.45) is 0 Å². The van der Waals surface area contributed by atoms with Gasteiger partial charge >= 0.3 is 0 Å². The monoisotopic (exact) mass is 359 g/mol. The summed E-state index contributed by atoms with van der Waals surface area (Å²) in [7, 11) is 0. The summed E-state index contributed by atoms with van der Waals surface area (Å²) in [6, 6.07) is 12.4. The number of ether oxygens (including phenoxy) is 1. The maximum absolute atomic E-state index is 10.1. The van der Waals surface area contributed by atoms with Gasteiger partial charge in [-0.05, 0) is 38.0 Å².